The topological polar surface area (TPSA) is 81.4 Å². The minimum absolute atomic E-state index is 0.1000. The zero-order valence-electron chi connectivity index (χ0n) is 11.2. The summed E-state index contributed by atoms with van der Waals surface area (Å²) in [4.78, 5) is -0.661. The maximum Gasteiger partial charge on any atom is 0.243 e. The normalized spacial score (nSPS) is 11.8. The second-order valence-electron chi connectivity index (χ2n) is 4.14. The first-order valence-electron chi connectivity index (χ1n) is 6.21. The Bertz CT molecular complexity index is 550. The van der Waals surface area contributed by atoms with Crippen molar-refractivity contribution < 1.29 is 21.9 Å². The third-order valence-corrected chi connectivity index (χ3v) is 3.97. The van der Waals surface area contributed by atoms with E-state index in [-0.39, 0.29) is 6.54 Å². The van der Waals surface area contributed by atoms with Crippen LogP contribution < -0.4 is 10.5 Å². The Balaban J connectivity index is 2.63. The molecular weight excluding hydrogens is 290 g/mol. The summed E-state index contributed by atoms with van der Waals surface area (Å²) in [5, 5.41) is 0. The van der Waals surface area contributed by atoms with Crippen molar-refractivity contribution in [3.8, 4) is 0 Å². The van der Waals surface area contributed by atoms with Crippen LogP contribution in [0.25, 0.3) is 0 Å². The van der Waals surface area contributed by atoms with Crippen LogP contribution in [0.2, 0.25) is 0 Å². The predicted molar refractivity (Wildman–Crippen MR) is 71.7 cm³/mol. The van der Waals surface area contributed by atoms with E-state index in [9.17, 15) is 17.2 Å². The van der Waals surface area contributed by atoms with Crippen molar-refractivity contribution in [2.45, 2.75) is 24.7 Å². The van der Waals surface area contributed by atoms with Crippen LogP contribution in [0.5, 0.6) is 0 Å². The molecule has 0 unspecified atom stereocenters. The number of halogens is 2. The molecule has 0 bridgehead atoms. The van der Waals surface area contributed by atoms with Gasteiger partial charge in [0.25, 0.3) is 0 Å². The van der Waals surface area contributed by atoms with Gasteiger partial charge in [-0.2, -0.15) is 0 Å². The van der Waals surface area contributed by atoms with Crippen molar-refractivity contribution in [2.75, 3.05) is 25.5 Å². The quantitative estimate of drug-likeness (QED) is 0.565. The molecule has 0 radical (unpaired) electrons. The van der Waals surface area contributed by atoms with E-state index in [0.29, 0.717) is 19.6 Å². The zero-order valence-corrected chi connectivity index (χ0v) is 12.0. The lowest BCUT2D eigenvalue weighted by Crippen LogP contribution is -2.26. The molecule has 8 heteroatoms. The lowest BCUT2D eigenvalue weighted by atomic mass is 10.3. The van der Waals surface area contributed by atoms with Gasteiger partial charge in [0.2, 0.25) is 10.0 Å². The number of nitrogen functional groups attached to an aromatic ring is 1. The Hall–Kier alpha value is -1.25. The molecule has 0 atom stereocenters. The van der Waals surface area contributed by atoms with Crippen molar-refractivity contribution in [3.63, 3.8) is 0 Å². The largest absolute Gasteiger partial charge is 0.394 e. The fourth-order valence-corrected chi connectivity index (χ4v) is 2.62. The van der Waals surface area contributed by atoms with E-state index < -0.39 is 32.2 Å². The van der Waals surface area contributed by atoms with Crippen LogP contribution in [0.4, 0.5) is 14.5 Å². The van der Waals surface area contributed by atoms with Crippen LogP contribution in [-0.4, -0.2) is 28.2 Å². The van der Waals surface area contributed by atoms with E-state index in [1.807, 2.05) is 6.92 Å². The van der Waals surface area contributed by atoms with E-state index in [0.717, 1.165) is 18.6 Å². The summed E-state index contributed by atoms with van der Waals surface area (Å²) in [6.07, 6.45) is 1.34. The number of sulfonamides is 1. The Morgan fingerprint density at radius 1 is 1.30 bits per heavy atom. The van der Waals surface area contributed by atoms with Gasteiger partial charge in [0.1, 0.15) is 16.4 Å². The first-order valence-corrected chi connectivity index (χ1v) is 7.69. The van der Waals surface area contributed by atoms with E-state index in [4.69, 9.17) is 10.5 Å². The number of nitrogens with one attached hydrogen (secondary N) is 1. The van der Waals surface area contributed by atoms with Gasteiger partial charge in [-0.25, -0.2) is 21.9 Å². The number of rotatable bonds is 8. The molecule has 0 fully saturated rings. The van der Waals surface area contributed by atoms with Gasteiger partial charge < -0.3 is 10.5 Å². The first kappa shape index (κ1) is 16.8. The molecular formula is C12H18F2N2O3S. The van der Waals surface area contributed by atoms with Crippen LogP contribution in [0.1, 0.15) is 19.8 Å². The summed E-state index contributed by atoms with van der Waals surface area (Å²) in [6.45, 7) is 3.08. The van der Waals surface area contributed by atoms with Gasteiger partial charge >= 0.3 is 0 Å². The molecule has 0 aromatic heterocycles. The summed E-state index contributed by atoms with van der Waals surface area (Å²) >= 11 is 0. The minimum atomic E-state index is -4.05. The van der Waals surface area contributed by atoms with Crippen LogP contribution >= 0.6 is 0 Å². The lowest BCUT2D eigenvalue weighted by molar-refractivity contribution is 0.133. The Labute approximate surface area is 117 Å². The molecule has 0 heterocycles. The highest BCUT2D eigenvalue weighted by atomic mass is 32.2. The fraction of sp³-hybridized carbons (Fsp3) is 0.500. The molecule has 114 valence electrons. The smallest absolute Gasteiger partial charge is 0.243 e. The number of benzene rings is 1. The molecule has 1 aromatic rings. The van der Waals surface area contributed by atoms with Gasteiger partial charge in [-0.05, 0) is 25.0 Å². The zero-order chi connectivity index (χ0) is 15.2. The maximum absolute atomic E-state index is 13.6. The predicted octanol–water partition coefficient (Wildman–Crippen LogP) is 1.64. The first-order chi connectivity index (χ1) is 9.40. The van der Waals surface area contributed by atoms with Crippen LogP contribution in [0.3, 0.4) is 0 Å². The molecule has 20 heavy (non-hydrogen) atoms. The molecule has 0 saturated heterocycles. The Kier molecular flexibility index (Phi) is 6.31. The maximum atomic E-state index is 13.6. The molecule has 1 rings (SSSR count). The molecule has 0 aliphatic carbocycles. The standard InChI is InChI=1S/C12H18F2N2O3S/c1-2-7-19-8-3-6-16-20(17,18)10-5-4-9(13)12(15)11(10)14/h4-5,16H,2-3,6-8,15H2,1H3. The average Bonchev–Trinajstić information content (AvgIpc) is 2.39. The van der Waals surface area contributed by atoms with E-state index in [1.54, 1.807) is 0 Å². The summed E-state index contributed by atoms with van der Waals surface area (Å²) in [6, 6.07) is 1.66. The van der Waals surface area contributed by atoms with Crippen molar-refractivity contribution in [3.05, 3.63) is 23.8 Å². The lowest BCUT2D eigenvalue weighted by Gasteiger charge is -2.09. The second-order valence-corrected chi connectivity index (χ2v) is 5.87. The number of hydrogen-bond donors (Lipinski definition) is 2. The second kappa shape index (κ2) is 7.51. The Morgan fingerprint density at radius 2 is 2.00 bits per heavy atom. The third-order valence-electron chi connectivity index (χ3n) is 2.49. The highest BCUT2D eigenvalue weighted by molar-refractivity contribution is 7.89. The van der Waals surface area contributed by atoms with Crippen LogP contribution in [0.15, 0.2) is 17.0 Å². The van der Waals surface area contributed by atoms with E-state index in [1.165, 1.54) is 0 Å². The van der Waals surface area contributed by atoms with Gasteiger partial charge in [0.05, 0.1) is 0 Å². The molecule has 0 spiro atoms. The average molecular weight is 308 g/mol. The number of anilines is 1. The highest BCUT2D eigenvalue weighted by Crippen LogP contribution is 2.22. The molecule has 0 saturated carbocycles. The summed E-state index contributed by atoms with van der Waals surface area (Å²) in [7, 11) is -4.05. The van der Waals surface area contributed by atoms with Gasteiger partial charge in [-0.15, -0.1) is 0 Å². The van der Waals surface area contributed by atoms with Gasteiger partial charge in [-0.1, -0.05) is 6.92 Å². The molecule has 0 aliphatic heterocycles. The van der Waals surface area contributed by atoms with Crippen molar-refractivity contribution in [2.24, 2.45) is 0 Å². The van der Waals surface area contributed by atoms with Crippen molar-refractivity contribution in [1.82, 2.24) is 4.72 Å². The molecule has 3 N–H and O–H groups in total. The van der Waals surface area contributed by atoms with Crippen molar-refractivity contribution in [1.29, 1.82) is 0 Å². The number of hydrogen-bond acceptors (Lipinski definition) is 4. The van der Waals surface area contributed by atoms with Gasteiger partial charge in [0, 0.05) is 19.8 Å². The van der Waals surface area contributed by atoms with Crippen molar-refractivity contribution >= 4 is 15.7 Å². The van der Waals surface area contributed by atoms with Gasteiger partial charge in [0.15, 0.2) is 5.82 Å². The van der Waals surface area contributed by atoms with Crippen LogP contribution in [-0.2, 0) is 14.8 Å². The van der Waals surface area contributed by atoms with Gasteiger partial charge in [-0.3, -0.25) is 0 Å². The summed E-state index contributed by atoms with van der Waals surface area (Å²) in [5.41, 5.74) is 4.32. The molecule has 0 aliphatic rings. The molecule has 0 amide bonds. The molecule has 5 nitrogen and oxygen atoms in total. The monoisotopic (exact) mass is 308 g/mol. The third kappa shape index (κ3) is 4.39. The Morgan fingerprint density at radius 3 is 2.65 bits per heavy atom. The number of ether oxygens (including phenoxy) is 1. The van der Waals surface area contributed by atoms with E-state index in [2.05, 4.69) is 4.72 Å². The van der Waals surface area contributed by atoms with Crippen LogP contribution in [0, 0.1) is 11.6 Å². The fourth-order valence-electron chi connectivity index (χ4n) is 1.46. The highest BCUT2D eigenvalue weighted by Gasteiger charge is 2.21. The minimum Gasteiger partial charge on any atom is -0.394 e. The summed E-state index contributed by atoms with van der Waals surface area (Å²) < 4.78 is 57.7. The SMILES string of the molecule is CCCOCCCNS(=O)(=O)c1ccc(F)c(N)c1F. The van der Waals surface area contributed by atoms with E-state index >= 15 is 0 Å². The summed E-state index contributed by atoms with van der Waals surface area (Å²) in [5.74, 6) is -2.27. The number of nitrogens with two attached hydrogens (primary N) is 1. The molecule has 1 aromatic carbocycles.